The lowest BCUT2D eigenvalue weighted by Crippen LogP contribution is -2.43. The Balaban J connectivity index is 1.91. The molecule has 1 fully saturated rings. The standard InChI is InChI=1S/C24H30N2O4/c1-4-8-19-17-20(18-22(28-2)23(19)29-3)24(27)26(21-9-6-5-7-10-21)12-11-25-13-15-30-16-14-25/h4-7,9-10,17-18H,1,8,11-16H2,2-3H3. The largest absolute Gasteiger partial charge is 0.493 e. The molecule has 0 aromatic heterocycles. The van der Waals surface area contributed by atoms with Crippen molar-refractivity contribution in [2.24, 2.45) is 0 Å². The average molecular weight is 411 g/mol. The van der Waals surface area contributed by atoms with Gasteiger partial charge in [0.05, 0.1) is 27.4 Å². The van der Waals surface area contributed by atoms with Crippen LogP contribution < -0.4 is 14.4 Å². The number of methoxy groups -OCH3 is 2. The summed E-state index contributed by atoms with van der Waals surface area (Å²) in [4.78, 5) is 17.8. The van der Waals surface area contributed by atoms with Crippen LogP contribution in [0, 0.1) is 0 Å². The van der Waals surface area contributed by atoms with Gasteiger partial charge in [-0.05, 0) is 30.7 Å². The summed E-state index contributed by atoms with van der Waals surface area (Å²) in [5.41, 5.74) is 2.31. The van der Waals surface area contributed by atoms with Gasteiger partial charge in [-0.15, -0.1) is 6.58 Å². The summed E-state index contributed by atoms with van der Waals surface area (Å²) < 4.78 is 16.4. The Labute approximate surface area is 178 Å². The molecule has 1 aliphatic rings. The Morgan fingerprint density at radius 2 is 1.90 bits per heavy atom. The number of amides is 1. The molecule has 2 aromatic rings. The molecule has 6 nitrogen and oxygen atoms in total. The van der Waals surface area contributed by atoms with Gasteiger partial charge in [0, 0.05) is 43.0 Å². The molecule has 0 saturated carbocycles. The van der Waals surface area contributed by atoms with Crippen molar-refractivity contribution in [2.45, 2.75) is 6.42 Å². The van der Waals surface area contributed by atoms with Gasteiger partial charge in [0.2, 0.25) is 0 Å². The number of nitrogens with zero attached hydrogens (tertiary/aromatic N) is 2. The van der Waals surface area contributed by atoms with Gasteiger partial charge in [-0.1, -0.05) is 24.3 Å². The van der Waals surface area contributed by atoms with Gasteiger partial charge < -0.3 is 19.1 Å². The highest BCUT2D eigenvalue weighted by molar-refractivity contribution is 6.06. The number of ether oxygens (including phenoxy) is 3. The number of para-hydroxylation sites is 1. The Bertz CT molecular complexity index is 848. The predicted octanol–water partition coefficient (Wildman–Crippen LogP) is 3.41. The monoisotopic (exact) mass is 410 g/mol. The number of benzene rings is 2. The quantitative estimate of drug-likeness (QED) is 0.593. The van der Waals surface area contributed by atoms with Gasteiger partial charge >= 0.3 is 0 Å². The first-order valence-corrected chi connectivity index (χ1v) is 10.2. The molecular weight excluding hydrogens is 380 g/mol. The summed E-state index contributed by atoms with van der Waals surface area (Å²) in [5, 5.41) is 0. The van der Waals surface area contributed by atoms with E-state index in [9.17, 15) is 4.79 Å². The lowest BCUT2D eigenvalue weighted by molar-refractivity contribution is 0.0391. The molecule has 160 valence electrons. The van der Waals surface area contributed by atoms with Gasteiger partial charge in [-0.2, -0.15) is 0 Å². The molecule has 0 atom stereocenters. The highest BCUT2D eigenvalue weighted by Gasteiger charge is 2.22. The molecule has 0 bridgehead atoms. The first-order chi connectivity index (χ1) is 14.7. The van der Waals surface area contributed by atoms with E-state index in [1.807, 2.05) is 41.3 Å². The minimum Gasteiger partial charge on any atom is -0.493 e. The number of allylic oxidation sites excluding steroid dienone is 1. The fourth-order valence-electron chi connectivity index (χ4n) is 3.65. The van der Waals surface area contributed by atoms with Gasteiger partial charge in [-0.25, -0.2) is 0 Å². The second kappa shape index (κ2) is 10.8. The maximum atomic E-state index is 13.6. The lowest BCUT2D eigenvalue weighted by atomic mass is 10.0. The molecule has 0 N–H and O–H groups in total. The number of morpholine rings is 1. The molecule has 0 radical (unpaired) electrons. The summed E-state index contributed by atoms with van der Waals surface area (Å²) in [6, 6.07) is 13.4. The van der Waals surface area contributed by atoms with Crippen LogP contribution in [-0.2, 0) is 11.2 Å². The van der Waals surface area contributed by atoms with Crippen molar-refractivity contribution in [1.29, 1.82) is 0 Å². The summed E-state index contributed by atoms with van der Waals surface area (Å²) in [7, 11) is 3.18. The molecular formula is C24H30N2O4. The zero-order valence-corrected chi connectivity index (χ0v) is 17.8. The molecule has 0 spiro atoms. The normalized spacial score (nSPS) is 14.2. The molecule has 3 rings (SSSR count). The van der Waals surface area contributed by atoms with Crippen molar-refractivity contribution in [3.63, 3.8) is 0 Å². The van der Waals surface area contributed by atoms with Gasteiger partial charge in [-0.3, -0.25) is 9.69 Å². The molecule has 30 heavy (non-hydrogen) atoms. The molecule has 0 aliphatic carbocycles. The van der Waals surface area contributed by atoms with Crippen LogP contribution in [0.1, 0.15) is 15.9 Å². The molecule has 1 aliphatic heterocycles. The third-order valence-corrected chi connectivity index (χ3v) is 5.22. The van der Waals surface area contributed by atoms with Crippen LogP contribution in [0.3, 0.4) is 0 Å². The van der Waals surface area contributed by atoms with Crippen LogP contribution in [0.25, 0.3) is 0 Å². The Hall–Kier alpha value is -2.83. The van der Waals surface area contributed by atoms with E-state index in [0.29, 0.717) is 30.0 Å². The van der Waals surface area contributed by atoms with Gasteiger partial charge in [0.1, 0.15) is 0 Å². The SMILES string of the molecule is C=CCc1cc(C(=O)N(CCN2CCOCC2)c2ccccc2)cc(OC)c1OC. The highest BCUT2D eigenvalue weighted by Crippen LogP contribution is 2.34. The van der Waals surface area contributed by atoms with E-state index in [-0.39, 0.29) is 5.91 Å². The maximum absolute atomic E-state index is 13.6. The van der Waals surface area contributed by atoms with Crippen LogP contribution in [0.5, 0.6) is 11.5 Å². The third kappa shape index (κ3) is 5.20. The van der Waals surface area contributed by atoms with E-state index in [4.69, 9.17) is 14.2 Å². The minimum absolute atomic E-state index is 0.0688. The summed E-state index contributed by atoms with van der Waals surface area (Å²) in [5.74, 6) is 1.11. The number of hydrogen-bond donors (Lipinski definition) is 0. The fourth-order valence-corrected chi connectivity index (χ4v) is 3.65. The average Bonchev–Trinajstić information content (AvgIpc) is 2.80. The third-order valence-electron chi connectivity index (χ3n) is 5.22. The van der Waals surface area contributed by atoms with Crippen molar-refractivity contribution in [3.8, 4) is 11.5 Å². The number of carbonyl (C=O) groups excluding carboxylic acids is 1. The summed E-state index contributed by atoms with van der Waals surface area (Å²) >= 11 is 0. The van der Waals surface area contributed by atoms with Crippen molar-refractivity contribution in [3.05, 3.63) is 66.2 Å². The van der Waals surface area contributed by atoms with Crippen molar-refractivity contribution in [1.82, 2.24) is 4.90 Å². The van der Waals surface area contributed by atoms with Crippen LogP contribution in [-0.4, -0.2) is 64.4 Å². The van der Waals surface area contributed by atoms with E-state index in [2.05, 4.69) is 11.5 Å². The second-order valence-electron chi connectivity index (χ2n) is 7.11. The topological polar surface area (TPSA) is 51.2 Å². The molecule has 2 aromatic carbocycles. The highest BCUT2D eigenvalue weighted by atomic mass is 16.5. The Morgan fingerprint density at radius 3 is 2.53 bits per heavy atom. The van der Waals surface area contributed by atoms with E-state index in [1.54, 1.807) is 26.4 Å². The van der Waals surface area contributed by atoms with Crippen LogP contribution in [0.15, 0.2) is 55.1 Å². The number of carbonyl (C=O) groups is 1. The van der Waals surface area contributed by atoms with E-state index in [1.165, 1.54) is 0 Å². The molecule has 1 heterocycles. The van der Waals surface area contributed by atoms with Crippen molar-refractivity contribution >= 4 is 11.6 Å². The number of rotatable bonds is 9. The van der Waals surface area contributed by atoms with Crippen LogP contribution in [0.2, 0.25) is 0 Å². The van der Waals surface area contributed by atoms with Gasteiger partial charge in [0.15, 0.2) is 11.5 Å². The fraction of sp³-hybridized carbons (Fsp3) is 0.375. The van der Waals surface area contributed by atoms with Crippen LogP contribution in [0.4, 0.5) is 5.69 Å². The van der Waals surface area contributed by atoms with Crippen molar-refractivity contribution < 1.29 is 19.0 Å². The van der Waals surface area contributed by atoms with E-state index in [0.717, 1.165) is 44.1 Å². The molecule has 6 heteroatoms. The van der Waals surface area contributed by atoms with Gasteiger partial charge in [0.25, 0.3) is 5.91 Å². The molecule has 1 saturated heterocycles. The predicted molar refractivity (Wildman–Crippen MR) is 119 cm³/mol. The Morgan fingerprint density at radius 1 is 1.17 bits per heavy atom. The summed E-state index contributed by atoms with van der Waals surface area (Å²) in [6.45, 7) is 8.44. The first-order valence-electron chi connectivity index (χ1n) is 10.2. The van der Waals surface area contributed by atoms with Crippen molar-refractivity contribution in [2.75, 3.05) is 58.5 Å². The lowest BCUT2D eigenvalue weighted by Gasteiger charge is -2.30. The number of anilines is 1. The zero-order valence-electron chi connectivity index (χ0n) is 17.8. The second-order valence-corrected chi connectivity index (χ2v) is 7.11. The maximum Gasteiger partial charge on any atom is 0.258 e. The first kappa shape index (κ1) is 21.9. The number of hydrogen-bond acceptors (Lipinski definition) is 5. The van der Waals surface area contributed by atoms with E-state index >= 15 is 0 Å². The molecule has 0 unspecified atom stereocenters. The summed E-state index contributed by atoms with van der Waals surface area (Å²) in [6.07, 6.45) is 2.37. The van der Waals surface area contributed by atoms with E-state index < -0.39 is 0 Å². The zero-order chi connectivity index (χ0) is 21.3. The minimum atomic E-state index is -0.0688. The Kier molecular flexibility index (Phi) is 7.88. The van der Waals surface area contributed by atoms with Crippen LogP contribution >= 0.6 is 0 Å². The smallest absolute Gasteiger partial charge is 0.258 e. The molecule has 1 amide bonds.